The Hall–Kier alpha value is -0.900. The fraction of sp³-hybridized carbons (Fsp3) is 0.833. The van der Waals surface area contributed by atoms with E-state index in [1.807, 2.05) is 18.5 Å². The lowest BCUT2D eigenvalue weighted by Gasteiger charge is -2.26. The molecule has 0 amide bonds. The highest BCUT2D eigenvalue weighted by Crippen LogP contribution is 2.27. The smallest absolute Gasteiger partial charge is 0.147 e. The van der Waals surface area contributed by atoms with Gasteiger partial charge in [0.2, 0.25) is 0 Å². The Morgan fingerprint density at radius 1 is 1.12 bits per heavy atom. The van der Waals surface area contributed by atoms with Gasteiger partial charge in [-0.1, -0.05) is 25.7 Å². The van der Waals surface area contributed by atoms with Gasteiger partial charge in [-0.2, -0.15) is 5.10 Å². The summed E-state index contributed by atoms with van der Waals surface area (Å²) in [7, 11) is 0. The van der Waals surface area contributed by atoms with Gasteiger partial charge in [0.1, 0.15) is 11.6 Å². The summed E-state index contributed by atoms with van der Waals surface area (Å²) in [5.41, 5.74) is 0. The monoisotopic (exact) mass is 223 g/mol. The van der Waals surface area contributed by atoms with E-state index in [0.717, 1.165) is 30.9 Å². The summed E-state index contributed by atoms with van der Waals surface area (Å²) in [6.45, 7) is 3.87. The molecule has 2 unspecified atom stereocenters. The van der Waals surface area contributed by atoms with Crippen molar-refractivity contribution in [1.82, 2.24) is 14.8 Å². The van der Waals surface area contributed by atoms with E-state index in [0.29, 0.717) is 0 Å². The maximum absolute atomic E-state index is 10.2. The second-order valence-electron chi connectivity index (χ2n) is 4.78. The molecule has 1 aliphatic rings. The molecule has 1 aromatic heterocycles. The molecule has 0 aliphatic heterocycles. The van der Waals surface area contributed by atoms with Crippen LogP contribution >= 0.6 is 0 Å². The summed E-state index contributed by atoms with van der Waals surface area (Å²) in [5, 5.41) is 14.6. The van der Waals surface area contributed by atoms with Gasteiger partial charge in [0, 0.05) is 0 Å². The first kappa shape index (κ1) is 11.6. The fourth-order valence-corrected chi connectivity index (χ4v) is 2.58. The molecule has 0 saturated heterocycles. The molecule has 1 fully saturated rings. The third-order valence-corrected chi connectivity index (χ3v) is 3.42. The number of aliphatic hydroxyl groups excluding tert-OH is 1. The van der Waals surface area contributed by atoms with Crippen LogP contribution in [0.2, 0.25) is 0 Å². The number of hydrogen-bond donors (Lipinski definition) is 1. The first-order valence-electron chi connectivity index (χ1n) is 6.26. The maximum Gasteiger partial charge on any atom is 0.147 e. The van der Waals surface area contributed by atoms with Crippen LogP contribution in [-0.2, 0) is 0 Å². The molecule has 1 N–H and O–H groups in total. The molecule has 0 radical (unpaired) electrons. The lowest BCUT2D eigenvalue weighted by molar-refractivity contribution is 0.0812. The van der Waals surface area contributed by atoms with Crippen LogP contribution < -0.4 is 0 Å². The Morgan fingerprint density at radius 3 is 2.44 bits per heavy atom. The third-order valence-electron chi connectivity index (χ3n) is 3.42. The van der Waals surface area contributed by atoms with E-state index in [9.17, 15) is 5.11 Å². The second kappa shape index (κ2) is 4.95. The summed E-state index contributed by atoms with van der Waals surface area (Å²) >= 11 is 0. The lowest BCUT2D eigenvalue weighted by Crippen LogP contribution is -2.27. The van der Waals surface area contributed by atoms with E-state index in [2.05, 4.69) is 10.1 Å². The first-order valence-corrected chi connectivity index (χ1v) is 6.26. The lowest BCUT2D eigenvalue weighted by atomic mass is 9.94. The highest BCUT2D eigenvalue weighted by atomic mass is 16.3. The van der Waals surface area contributed by atoms with Crippen molar-refractivity contribution in [2.24, 2.45) is 0 Å². The molecule has 0 bridgehead atoms. The van der Waals surface area contributed by atoms with Gasteiger partial charge in [0.05, 0.1) is 12.1 Å². The minimum atomic E-state index is -0.264. The predicted molar refractivity (Wildman–Crippen MR) is 62.2 cm³/mol. The number of aliphatic hydroxyl groups is 1. The quantitative estimate of drug-likeness (QED) is 0.793. The Morgan fingerprint density at radius 2 is 1.81 bits per heavy atom. The van der Waals surface area contributed by atoms with Crippen molar-refractivity contribution in [3.63, 3.8) is 0 Å². The number of aryl methyl sites for hydroxylation is 2. The zero-order chi connectivity index (χ0) is 11.5. The van der Waals surface area contributed by atoms with Crippen LogP contribution in [0.1, 0.15) is 56.2 Å². The van der Waals surface area contributed by atoms with E-state index >= 15 is 0 Å². The van der Waals surface area contributed by atoms with Crippen molar-refractivity contribution >= 4 is 0 Å². The van der Waals surface area contributed by atoms with Crippen molar-refractivity contribution in [2.75, 3.05) is 0 Å². The Bertz CT molecular complexity index is 348. The van der Waals surface area contributed by atoms with Gasteiger partial charge in [-0.3, -0.25) is 0 Å². The molecule has 4 heteroatoms. The molecular weight excluding hydrogens is 202 g/mol. The molecule has 4 nitrogen and oxygen atoms in total. The zero-order valence-electron chi connectivity index (χ0n) is 10.2. The molecule has 0 aromatic carbocycles. The minimum Gasteiger partial charge on any atom is -0.391 e. The first-order chi connectivity index (χ1) is 7.68. The van der Waals surface area contributed by atoms with Crippen molar-refractivity contribution in [1.29, 1.82) is 0 Å². The van der Waals surface area contributed by atoms with Gasteiger partial charge in [0.15, 0.2) is 0 Å². The third kappa shape index (κ3) is 2.43. The van der Waals surface area contributed by atoms with E-state index in [-0.39, 0.29) is 12.1 Å². The summed E-state index contributed by atoms with van der Waals surface area (Å²) in [6, 6.07) is 0.126. The van der Waals surface area contributed by atoms with Crippen LogP contribution in [0.5, 0.6) is 0 Å². The summed E-state index contributed by atoms with van der Waals surface area (Å²) in [6.07, 6.45) is 6.48. The van der Waals surface area contributed by atoms with Crippen molar-refractivity contribution in [2.45, 2.75) is 64.5 Å². The van der Waals surface area contributed by atoms with Gasteiger partial charge >= 0.3 is 0 Å². The van der Waals surface area contributed by atoms with Crippen LogP contribution in [0, 0.1) is 13.8 Å². The molecule has 90 valence electrons. The average Bonchev–Trinajstić information content (AvgIpc) is 2.52. The van der Waals surface area contributed by atoms with Gasteiger partial charge in [-0.05, 0) is 26.7 Å². The van der Waals surface area contributed by atoms with Crippen LogP contribution in [-0.4, -0.2) is 26.0 Å². The van der Waals surface area contributed by atoms with Crippen molar-refractivity contribution in [3.8, 4) is 0 Å². The number of aromatic nitrogens is 3. The van der Waals surface area contributed by atoms with Crippen LogP contribution in [0.15, 0.2) is 0 Å². The van der Waals surface area contributed by atoms with E-state index in [1.54, 1.807) is 0 Å². The molecule has 1 aliphatic carbocycles. The van der Waals surface area contributed by atoms with Gasteiger partial charge in [-0.25, -0.2) is 9.67 Å². The molecule has 0 spiro atoms. The normalized spacial score (nSPS) is 27.4. The summed E-state index contributed by atoms with van der Waals surface area (Å²) < 4.78 is 1.92. The molecular formula is C12H21N3O. The second-order valence-corrected chi connectivity index (χ2v) is 4.78. The highest BCUT2D eigenvalue weighted by Gasteiger charge is 2.24. The van der Waals surface area contributed by atoms with Crippen molar-refractivity contribution < 1.29 is 5.11 Å². The highest BCUT2D eigenvalue weighted by molar-refractivity contribution is 4.92. The summed E-state index contributed by atoms with van der Waals surface area (Å²) in [4.78, 5) is 4.32. The van der Waals surface area contributed by atoms with Crippen LogP contribution in [0.3, 0.4) is 0 Å². The van der Waals surface area contributed by atoms with Crippen LogP contribution in [0.4, 0.5) is 0 Å². The predicted octanol–water partition coefficient (Wildman–Crippen LogP) is 2.15. The topological polar surface area (TPSA) is 50.9 Å². The Balaban J connectivity index is 2.18. The van der Waals surface area contributed by atoms with Gasteiger partial charge in [-0.15, -0.1) is 0 Å². The molecule has 2 atom stereocenters. The number of hydrogen-bond acceptors (Lipinski definition) is 3. The molecule has 1 saturated carbocycles. The molecule has 1 heterocycles. The van der Waals surface area contributed by atoms with Gasteiger partial charge in [0.25, 0.3) is 0 Å². The standard InChI is InChI=1S/C12H21N3O/c1-9-13-10(2)15(14-9)11-7-5-3-4-6-8-12(11)16/h11-12,16H,3-8H2,1-2H3. The SMILES string of the molecule is Cc1nc(C)n(C2CCCCCCC2O)n1. The number of rotatable bonds is 1. The largest absolute Gasteiger partial charge is 0.391 e. The minimum absolute atomic E-state index is 0.126. The van der Waals surface area contributed by atoms with Crippen LogP contribution in [0.25, 0.3) is 0 Å². The zero-order valence-corrected chi connectivity index (χ0v) is 10.2. The van der Waals surface area contributed by atoms with Gasteiger partial charge < -0.3 is 5.11 Å². The fourth-order valence-electron chi connectivity index (χ4n) is 2.58. The van der Waals surface area contributed by atoms with E-state index in [1.165, 1.54) is 19.3 Å². The maximum atomic E-state index is 10.2. The molecule has 16 heavy (non-hydrogen) atoms. The molecule has 2 rings (SSSR count). The van der Waals surface area contributed by atoms with E-state index in [4.69, 9.17) is 0 Å². The molecule has 1 aromatic rings. The summed E-state index contributed by atoms with van der Waals surface area (Å²) in [5.74, 6) is 1.72. The van der Waals surface area contributed by atoms with Crippen molar-refractivity contribution in [3.05, 3.63) is 11.6 Å². The number of nitrogens with zero attached hydrogens (tertiary/aromatic N) is 3. The average molecular weight is 223 g/mol. The Kier molecular flexibility index (Phi) is 3.59. The Labute approximate surface area is 96.7 Å². The van der Waals surface area contributed by atoms with E-state index < -0.39 is 0 Å².